The summed E-state index contributed by atoms with van der Waals surface area (Å²) < 4.78 is 1.12. The van der Waals surface area contributed by atoms with E-state index in [2.05, 4.69) is 87.7 Å². The van der Waals surface area contributed by atoms with Crippen LogP contribution in [0.4, 0.5) is 0 Å². The lowest BCUT2D eigenvalue weighted by Crippen LogP contribution is -1.98. The minimum absolute atomic E-state index is 0.388. The van der Waals surface area contributed by atoms with Crippen molar-refractivity contribution in [3.05, 3.63) is 70.5 Å². The van der Waals surface area contributed by atoms with Crippen LogP contribution in [0.15, 0.2) is 59.3 Å². The van der Waals surface area contributed by atoms with Gasteiger partial charge in [0.15, 0.2) is 0 Å². The van der Waals surface area contributed by atoms with Gasteiger partial charge in [-0.3, -0.25) is 0 Å². The van der Waals surface area contributed by atoms with E-state index in [0.717, 1.165) is 10.9 Å². The fraction of sp³-hybridized carbons (Fsp3) is 0.158. The summed E-state index contributed by atoms with van der Waals surface area (Å²) in [6.07, 6.45) is 5.39. The number of rotatable bonds is 3. The molecule has 2 nitrogen and oxygen atoms in total. The van der Waals surface area contributed by atoms with Gasteiger partial charge in [-0.05, 0) is 41.8 Å². The summed E-state index contributed by atoms with van der Waals surface area (Å²) in [7, 11) is 0. The van der Waals surface area contributed by atoms with Crippen molar-refractivity contribution in [1.82, 2.24) is 9.97 Å². The summed E-state index contributed by atoms with van der Waals surface area (Å²) in [5.41, 5.74) is 5.14. The van der Waals surface area contributed by atoms with Gasteiger partial charge in [-0.2, -0.15) is 0 Å². The predicted molar refractivity (Wildman–Crippen MR) is 96.4 cm³/mol. The maximum atomic E-state index is 3.59. The number of para-hydroxylation sites is 1. The van der Waals surface area contributed by atoms with Crippen molar-refractivity contribution in [2.75, 3.05) is 0 Å². The Morgan fingerprint density at radius 1 is 0.909 bits per heavy atom. The Kier molecular flexibility index (Phi) is 3.30. The number of hydrogen-bond acceptors (Lipinski definition) is 0. The number of fused-ring (bicyclic) bond motifs is 2. The van der Waals surface area contributed by atoms with Gasteiger partial charge >= 0.3 is 0 Å². The molecule has 0 radical (unpaired) electrons. The molecule has 0 bridgehead atoms. The van der Waals surface area contributed by atoms with Crippen molar-refractivity contribution in [3.63, 3.8) is 0 Å². The van der Waals surface area contributed by atoms with Gasteiger partial charge < -0.3 is 9.97 Å². The van der Waals surface area contributed by atoms with Gasteiger partial charge in [-0.1, -0.05) is 41.1 Å². The first kappa shape index (κ1) is 13.6. The number of benzene rings is 2. The Hall–Kier alpha value is -2.00. The summed E-state index contributed by atoms with van der Waals surface area (Å²) in [4.78, 5) is 6.81. The van der Waals surface area contributed by atoms with Crippen LogP contribution in [-0.2, 0) is 0 Å². The van der Waals surface area contributed by atoms with Gasteiger partial charge in [0.2, 0.25) is 0 Å². The topological polar surface area (TPSA) is 31.6 Å². The number of aromatic nitrogens is 2. The molecule has 0 aliphatic rings. The number of halogens is 1. The number of H-pyrrole nitrogens is 2. The Morgan fingerprint density at radius 2 is 1.59 bits per heavy atom. The molecule has 4 aromatic rings. The average Bonchev–Trinajstić information content (AvgIpc) is 3.14. The van der Waals surface area contributed by atoms with Crippen molar-refractivity contribution >= 4 is 37.7 Å². The van der Waals surface area contributed by atoms with Gasteiger partial charge in [-0.15, -0.1) is 0 Å². The van der Waals surface area contributed by atoms with Crippen LogP contribution in [-0.4, -0.2) is 9.97 Å². The highest BCUT2D eigenvalue weighted by atomic mass is 79.9. The molecular weight excluding hydrogens is 336 g/mol. The molecule has 0 saturated heterocycles. The molecule has 2 aromatic heterocycles. The lowest BCUT2D eigenvalue weighted by Gasteiger charge is -2.14. The fourth-order valence-electron chi connectivity index (χ4n) is 3.39. The van der Waals surface area contributed by atoms with Gasteiger partial charge in [-0.25, -0.2) is 0 Å². The molecule has 0 fully saturated rings. The van der Waals surface area contributed by atoms with Crippen molar-refractivity contribution in [1.29, 1.82) is 0 Å². The van der Waals surface area contributed by atoms with Gasteiger partial charge in [0.05, 0.1) is 0 Å². The molecule has 3 heteroatoms. The standard InChI is InChI=1S/C19H17BrN2/c1-2-13(16-10-21-18-6-4-3-5-14(16)18)17-11-22-19-8-7-12(20)9-15(17)19/h3-11,13,21-22H,2H2,1H3. The third kappa shape index (κ3) is 2.08. The molecular formula is C19H17BrN2. The van der Waals surface area contributed by atoms with Crippen molar-refractivity contribution in [3.8, 4) is 0 Å². The number of aromatic amines is 2. The van der Waals surface area contributed by atoms with Crippen molar-refractivity contribution < 1.29 is 0 Å². The van der Waals surface area contributed by atoms with Gasteiger partial charge in [0, 0.05) is 44.6 Å². The van der Waals surface area contributed by atoms with E-state index in [1.807, 2.05) is 0 Å². The molecule has 0 amide bonds. The SMILES string of the molecule is CCC(c1c[nH]c2ccccc12)c1c[nH]c2ccc(Br)cc12. The highest BCUT2D eigenvalue weighted by Crippen LogP contribution is 2.37. The normalized spacial score (nSPS) is 13.0. The maximum absolute atomic E-state index is 3.59. The van der Waals surface area contributed by atoms with E-state index in [-0.39, 0.29) is 0 Å². The molecule has 2 heterocycles. The van der Waals surface area contributed by atoms with Crippen molar-refractivity contribution in [2.24, 2.45) is 0 Å². The summed E-state index contributed by atoms with van der Waals surface area (Å²) in [5.74, 6) is 0.388. The molecule has 0 aliphatic heterocycles. The van der Waals surface area contributed by atoms with Crippen LogP contribution in [0.2, 0.25) is 0 Å². The molecule has 1 unspecified atom stereocenters. The first-order valence-electron chi connectivity index (χ1n) is 7.60. The lowest BCUT2D eigenvalue weighted by molar-refractivity contribution is 0.789. The molecule has 0 spiro atoms. The minimum atomic E-state index is 0.388. The first-order valence-corrected chi connectivity index (χ1v) is 8.39. The van der Waals surface area contributed by atoms with Gasteiger partial charge in [0.1, 0.15) is 0 Å². The third-order valence-corrected chi connectivity index (χ3v) is 4.95. The lowest BCUT2D eigenvalue weighted by atomic mass is 9.89. The zero-order chi connectivity index (χ0) is 15.1. The van der Waals surface area contributed by atoms with E-state index >= 15 is 0 Å². The molecule has 1 atom stereocenters. The smallest absolute Gasteiger partial charge is 0.0457 e. The van der Waals surface area contributed by atoms with Crippen LogP contribution in [0.1, 0.15) is 30.4 Å². The Bertz CT molecular complexity index is 948. The zero-order valence-corrected chi connectivity index (χ0v) is 13.9. The van der Waals surface area contributed by atoms with Crippen LogP contribution in [0.3, 0.4) is 0 Å². The van der Waals surface area contributed by atoms with Gasteiger partial charge in [0.25, 0.3) is 0 Å². The maximum Gasteiger partial charge on any atom is 0.0457 e. The highest BCUT2D eigenvalue weighted by molar-refractivity contribution is 9.10. The fourth-order valence-corrected chi connectivity index (χ4v) is 3.75. The van der Waals surface area contributed by atoms with Crippen LogP contribution in [0.25, 0.3) is 21.8 Å². The molecule has 110 valence electrons. The number of nitrogens with one attached hydrogen (secondary N) is 2. The summed E-state index contributed by atoms with van der Waals surface area (Å²) >= 11 is 3.59. The average molecular weight is 353 g/mol. The Labute approximate surface area is 137 Å². The van der Waals surface area contributed by atoms with E-state index in [1.54, 1.807) is 0 Å². The molecule has 0 saturated carbocycles. The van der Waals surface area contributed by atoms with Crippen LogP contribution >= 0.6 is 15.9 Å². The third-order valence-electron chi connectivity index (χ3n) is 4.46. The summed E-state index contributed by atoms with van der Waals surface area (Å²) in [5, 5.41) is 2.62. The molecule has 2 N–H and O–H groups in total. The van der Waals surface area contributed by atoms with Crippen LogP contribution in [0.5, 0.6) is 0 Å². The molecule has 0 aliphatic carbocycles. The first-order chi connectivity index (χ1) is 10.8. The van der Waals surface area contributed by atoms with Crippen LogP contribution < -0.4 is 0 Å². The second kappa shape index (κ2) is 5.33. The van der Waals surface area contributed by atoms with E-state index in [1.165, 1.54) is 32.9 Å². The second-order valence-electron chi connectivity index (χ2n) is 5.68. The second-order valence-corrected chi connectivity index (χ2v) is 6.60. The van der Waals surface area contributed by atoms with E-state index in [0.29, 0.717) is 5.92 Å². The summed E-state index contributed by atoms with van der Waals surface area (Å²) in [6.45, 7) is 2.25. The quantitative estimate of drug-likeness (QED) is 0.456. The number of hydrogen-bond donors (Lipinski definition) is 2. The Balaban J connectivity index is 1.92. The molecule has 22 heavy (non-hydrogen) atoms. The van der Waals surface area contributed by atoms with Crippen molar-refractivity contribution in [2.45, 2.75) is 19.3 Å². The summed E-state index contributed by atoms with van der Waals surface area (Å²) in [6, 6.07) is 14.9. The van der Waals surface area contributed by atoms with E-state index in [4.69, 9.17) is 0 Å². The molecule has 2 aromatic carbocycles. The minimum Gasteiger partial charge on any atom is -0.361 e. The molecule has 4 rings (SSSR count). The highest BCUT2D eigenvalue weighted by Gasteiger charge is 2.19. The monoisotopic (exact) mass is 352 g/mol. The zero-order valence-electron chi connectivity index (χ0n) is 12.4. The predicted octanol–water partition coefficient (Wildman–Crippen LogP) is 5.95. The van der Waals surface area contributed by atoms with E-state index < -0.39 is 0 Å². The largest absolute Gasteiger partial charge is 0.361 e. The Morgan fingerprint density at radius 3 is 2.36 bits per heavy atom. The van der Waals surface area contributed by atoms with E-state index in [9.17, 15) is 0 Å². The van der Waals surface area contributed by atoms with Crippen LogP contribution in [0, 0.1) is 0 Å².